The molecular weight excluding hydrogens is 491 g/mol. The van der Waals surface area contributed by atoms with Crippen LogP contribution >= 0.6 is 24.0 Å². The molecule has 0 amide bonds. The summed E-state index contributed by atoms with van der Waals surface area (Å²) in [5.41, 5.74) is 1.38. The lowest BCUT2D eigenvalue weighted by Gasteiger charge is -2.21. The Morgan fingerprint density at radius 3 is 2.87 bits per heavy atom. The number of nitrogens with zero attached hydrogens (tertiary/aromatic N) is 2. The molecule has 1 aromatic carbocycles. The molecule has 2 N–H and O–H groups in total. The van der Waals surface area contributed by atoms with Crippen molar-refractivity contribution in [2.75, 3.05) is 39.5 Å². The molecule has 0 aromatic heterocycles. The van der Waals surface area contributed by atoms with E-state index in [2.05, 4.69) is 59.7 Å². The van der Waals surface area contributed by atoms with Crippen LogP contribution in [0.15, 0.2) is 35.3 Å². The number of guanidine groups is 1. The molecule has 3 rings (SSSR count). The molecule has 2 fully saturated rings. The van der Waals surface area contributed by atoms with Gasteiger partial charge in [0, 0.05) is 51.5 Å². The van der Waals surface area contributed by atoms with Crippen LogP contribution in [0.25, 0.3) is 0 Å². The maximum Gasteiger partial charge on any atom is 0.191 e. The van der Waals surface area contributed by atoms with Gasteiger partial charge in [-0.3, -0.25) is 9.89 Å². The lowest BCUT2D eigenvalue weighted by molar-refractivity contribution is 0.0171. The van der Waals surface area contributed by atoms with Gasteiger partial charge in [0.25, 0.3) is 0 Å². The van der Waals surface area contributed by atoms with Crippen LogP contribution in [0.5, 0.6) is 0 Å². The van der Waals surface area contributed by atoms with Crippen molar-refractivity contribution in [1.82, 2.24) is 15.5 Å². The normalized spacial score (nSPS) is 24.6. The van der Waals surface area contributed by atoms with E-state index in [1.807, 2.05) is 0 Å². The van der Waals surface area contributed by atoms with Gasteiger partial charge >= 0.3 is 0 Å². The first-order chi connectivity index (χ1) is 14.2. The molecule has 2 heterocycles. The van der Waals surface area contributed by atoms with Gasteiger partial charge in [-0.15, -0.1) is 24.0 Å². The molecule has 30 heavy (non-hydrogen) atoms. The van der Waals surface area contributed by atoms with Crippen LogP contribution in [-0.2, 0) is 16.0 Å². The summed E-state index contributed by atoms with van der Waals surface area (Å²) < 4.78 is 11.3. The van der Waals surface area contributed by atoms with Gasteiger partial charge < -0.3 is 20.1 Å². The molecule has 2 saturated heterocycles. The molecular formula is C23H39IN4O2. The maximum absolute atomic E-state index is 5.74. The molecule has 0 radical (unpaired) electrons. The average molecular weight is 530 g/mol. The van der Waals surface area contributed by atoms with Crippen molar-refractivity contribution in [3.05, 3.63) is 35.9 Å². The number of rotatable bonds is 10. The summed E-state index contributed by atoms with van der Waals surface area (Å²) >= 11 is 0. The Morgan fingerprint density at radius 1 is 1.30 bits per heavy atom. The molecule has 0 bridgehead atoms. The summed E-state index contributed by atoms with van der Waals surface area (Å²) in [6.45, 7) is 10.5. The van der Waals surface area contributed by atoms with Crippen LogP contribution in [0.3, 0.4) is 0 Å². The number of nitrogens with one attached hydrogen (secondary N) is 2. The molecule has 7 heteroatoms. The predicted molar refractivity (Wildman–Crippen MR) is 134 cm³/mol. The summed E-state index contributed by atoms with van der Waals surface area (Å²) in [6.07, 6.45) is 4.68. The Labute approximate surface area is 199 Å². The number of aliphatic imine (C=N–C) groups is 1. The van der Waals surface area contributed by atoms with E-state index in [1.165, 1.54) is 12.0 Å². The van der Waals surface area contributed by atoms with Gasteiger partial charge in [0.2, 0.25) is 0 Å². The van der Waals surface area contributed by atoms with Crippen LogP contribution in [0.2, 0.25) is 0 Å². The third-order valence-corrected chi connectivity index (χ3v) is 5.66. The minimum absolute atomic E-state index is 0. The standard InChI is InChI=1S/C23H38N4O2.HI/c1-3-24-23(25-12-8-13-28-18-22-11-7-14-29-22)26-21-15-19(2)27(17-21)16-20-9-5-4-6-10-20;/h4-6,9-10,19,21-22H,3,7-8,11-18H2,1-2H3,(H2,24,25,26);1H. The largest absolute Gasteiger partial charge is 0.379 e. The van der Waals surface area contributed by atoms with Crippen LogP contribution < -0.4 is 10.6 Å². The average Bonchev–Trinajstić information content (AvgIpc) is 3.35. The third-order valence-electron chi connectivity index (χ3n) is 5.66. The lowest BCUT2D eigenvalue weighted by atomic mass is 10.2. The van der Waals surface area contributed by atoms with E-state index >= 15 is 0 Å². The number of ether oxygens (including phenoxy) is 2. The van der Waals surface area contributed by atoms with Gasteiger partial charge in [0.1, 0.15) is 0 Å². The first kappa shape index (κ1) is 25.4. The van der Waals surface area contributed by atoms with E-state index in [9.17, 15) is 0 Å². The van der Waals surface area contributed by atoms with E-state index in [-0.39, 0.29) is 24.0 Å². The maximum atomic E-state index is 5.74. The Morgan fingerprint density at radius 2 is 2.13 bits per heavy atom. The van der Waals surface area contributed by atoms with E-state index < -0.39 is 0 Å². The number of benzene rings is 1. The summed E-state index contributed by atoms with van der Waals surface area (Å²) in [5.74, 6) is 0.922. The minimum atomic E-state index is 0. The van der Waals surface area contributed by atoms with E-state index in [4.69, 9.17) is 14.5 Å². The molecule has 170 valence electrons. The second-order valence-corrected chi connectivity index (χ2v) is 8.17. The van der Waals surface area contributed by atoms with E-state index in [1.54, 1.807) is 0 Å². The second-order valence-electron chi connectivity index (χ2n) is 8.17. The highest BCUT2D eigenvalue weighted by Crippen LogP contribution is 2.20. The predicted octanol–water partition coefficient (Wildman–Crippen LogP) is 3.41. The second kappa shape index (κ2) is 14.2. The molecule has 0 aliphatic carbocycles. The first-order valence-electron chi connectivity index (χ1n) is 11.3. The molecule has 0 saturated carbocycles. The first-order valence-corrected chi connectivity index (χ1v) is 11.3. The molecule has 2 aliphatic rings. The van der Waals surface area contributed by atoms with Crippen molar-refractivity contribution in [3.8, 4) is 0 Å². The zero-order valence-electron chi connectivity index (χ0n) is 18.5. The minimum Gasteiger partial charge on any atom is -0.379 e. The van der Waals surface area contributed by atoms with E-state index in [0.717, 1.165) is 71.2 Å². The highest BCUT2D eigenvalue weighted by atomic mass is 127. The van der Waals surface area contributed by atoms with Gasteiger partial charge in [-0.1, -0.05) is 30.3 Å². The lowest BCUT2D eigenvalue weighted by Crippen LogP contribution is -2.44. The Balaban J connectivity index is 0.00000320. The zero-order valence-corrected chi connectivity index (χ0v) is 20.8. The summed E-state index contributed by atoms with van der Waals surface area (Å²) in [7, 11) is 0. The molecule has 6 nitrogen and oxygen atoms in total. The fraction of sp³-hybridized carbons (Fsp3) is 0.696. The van der Waals surface area contributed by atoms with Crippen LogP contribution in [0.4, 0.5) is 0 Å². The van der Waals surface area contributed by atoms with Crippen molar-refractivity contribution in [2.45, 2.75) is 64.3 Å². The number of halogens is 1. The number of likely N-dealkylation sites (tertiary alicyclic amines) is 1. The highest BCUT2D eigenvalue weighted by molar-refractivity contribution is 14.0. The van der Waals surface area contributed by atoms with Gasteiger partial charge in [0.05, 0.1) is 12.7 Å². The Bertz CT molecular complexity index is 610. The van der Waals surface area contributed by atoms with Crippen molar-refractivity contribution < 1.29 is 9.47 Å². The van der Waals surface area contributed by atoms with Crippen molar-refractivity contribution in [3.63, 3.8) is 0 Å². The summed E-state index contributed by atoms with van der Waals surface area (Å²) in [5, 5.41) is 7.02. The summed E-state index contributed by atoms with van der Waals surface area (Å²) in [6, 6.07) is 11.7. The molecule has 1 aromatic rings. The van der Waals surface area contributed by atoms with Crippen LogP contribution in [0.1, 0.15) is 45.1 Å². The third kappa shape index (κ3) is 8.69. The zero-order chi connectivity index (χ0) is 20.3. The fourth-order valence-electron chi connectivity index (χ4n) is 4.10. The van der Waals surface area contributed by atoms with Crippen LogP contribution in [-0.4, -0.2) is 68.5 Å². The number of hydrogen-bond donors (Lipinski definition) is 2. The van der Waals surface area contributed by atoms with Gasteiger partial charge in [-0.2, -0.15) is 0 Å². The Kier molecular flexibility index (Phi) is 12.0. The van der Waals surface area contributed by atoms with E-state index in [0.29, 0.717) is 18.2 Å². The van der Waals surface area contributed by atoms with Gasteiger partial charge in [-0.25, -0.2) is 0 Å². The van der Waals surface area contributed by atoms with Crippen molar-refractivity contribution >= 4 is 29.9 Å². The fourth-order valence-corrected chi connectivity index (χ4v) is 4.10. The summed E-state index contributed by atoms with van der Waals surface area (Å²) in [4.78, 5) is 7.30. The smallest absolute Gasteiger partial charge is 0.191 e. The van der Waals surface area contributed by atoms with Crippen molar-refractivity contribution in [2.24, 2.45) is 4.99 Å². The monoisotopic (exact) mass is 530 g/mol. The van der Waals surface area contributed by atoms with Crippen molar-refractivity contribution in [1.29, 1.82) is 0 Å². The van der Waals surface area contributed by atoms with Crippen LogP contribution in [0, 0.1) is 0 Å². The quantitative estimate of drug-likeness (QED) is 0.210. The SMILES string of the molecule is CCNC(=NCCCOCC1CCCO1)NC1CC(C)N(Cc2ccccc2)C1.I. The highest BCUT2D eigenvalue weighted by Gasteiger charge is 2.29. The molecule has 3 atom stereocenters. The van der Waals surface area contributed by atoms with Gasteiger partial charge in [0.15, 0.2) is 5.96 Å². The molecule has 0 spiro atoms. The number of hydrogen-bond acceptors (Lipinski definition) is 4. The topological polar surface area (TPSA) is 58.1 Å². The molecule has 3 unspecified atom stereocenters. The Hall–Kier alpha value is -0.900. The van der Waals surface area contributed by atoms with Gasteiger partial charge in [-0.05, 0) is 45.1 Å². The molecule has 2 aliphatic heterocycles.